The number of benzene rings is 2. The van der Waals surface area contributed by atoms with E-state index in [1.54, 1.807) is 0 Å². The Hall–Kier alpha value is -2.40. The molecular weight excluding hydrogens is 232 g/mol. The lowest BCUT2D eigenvalue weighted by atomic mass is 10.1. The van der Waals surface area contributed by atoms with Crippen molar-refractivity contribution in [3.63, 3.8) is 0 Å². The number of hydrogen-bond donors (Lipinski definition) is 1. The van der Waals surface area contributed by atoms with E-state index < -0.39 is 0 Å². The maximum Gasteiger partial charge on any atom is 0.0799 e. The van der Waals surface area contributed by atoms with Crippen molar-refractivity contribution in [3.8, 4) is 11.8 Å². The summed E-state index contributed by atoms with van der Waals surface area (Å²) in [5.41, 5.74) is 10.5. The molecule has 2 heteroatoms. The van der Waals surface area contributed by atoms with Gasteiger partial charge in [-0.15, -0.1) is 0 Å². The maximum atomic E-state index is 6.06. The second-order valence-corrected chi connectivity index (χ2v) is 4.69. The smallest absolute Gasteiger partial charge is 0.0799 e. The number of nitrogen functional groups attached to an aromatic ring is 1. The van der Waals surface area contributed by atoms with E-state index in [-0.39, 0.29) is 0 Å². The molecule has 0 unspecified atom stereocenters. The lowest BCUT2D eigenvalue weighted by Crippen LogP contribution is -2.21. The van der Waals surface area contributed by atoms with Crippen LogP contribution in [0.15, 0.2) is 48.5 Å². The fourth-order valence-electron chi connectivity index (χ4n) is 2.48. The summed E-state index contributed by atoms with van der Waals surface area (Å²) < 4.78 is 0. The summed E-state index contributed by atoms with van der Waals surface area (Å²) in [6, 6.07) is 16.2. The highest BCUT2D eigenvalue weighted by atomic mass is 15.1. The Morgan fingerprint density at radius 1 is 1.05 bits per heavy atom. The zero-order chi connectivity index (χ0) is 13.1. The predicted molar refractivity (Wildman–Crippen MR) is 80.1 cm³/mol. The molecule has 19 heavy (non-hydrogen) atoms. The Kier molecular flexibility index (Phi) is 3.12. The molecule has 0 aliphatic carbocycles. The second-order valence-electron chi connectivity index (χ2n) is 4.69. The number of anilines is 2. The van der Waals surface area contributed by atoms with Crippen LogP contribution in [0.3, 0.4) is 0 Å². The van der Waals surface area contributed by atoms with Gasteiger partial charge in [-0.25, -0.2) is 0 Å². The molecule has 0 atom stereocenters. The summed E-state index contributed by atoms with van der Waals surface area (Å²) in [6.07, 6.45) is 1.06. The number of nitrogens with two attached hydrogens (primary N) is 1. The third-order valence-electron chi connectivity index (χ3n) is 3.39. The van der Waals surface area contributed by atoms with Crippen molar-refractivity contribution in [1.82, 2.24) is 0 Å². The first-order chi connectivity index (χ1) is 9.34. The van der Waals surface area contributed by atoms with E-state index in [4.69, 9.17) is 5.73 Å². The summed E-state index contributed by atoms with van der Waals surface area (Å²) in [4.78, 5) is 2.26. The molecular formula is C17H16N2. The topological polar surface area (TPSA) is 29.3 Å². The molecule has 3 rings (SSSR count). The van der Waals surface area contributed by atoms with Gasteiger partial charge in [0, 0.05) is 12.1 Å². The Morgan fingerprint density at radius 2 is 1.89 bits per heavy atom. The summed E-state index contributed by atoms with van der Waals surface area (Å²) in [6.45, 7) is 1.74. The number of para-hydroxylation sites is 1. The summed E-state index contributed by atoms with van der Waals surface area (Å²) in [7, 11) is 0. The van der Waals surface area contributed by atoms with Gasteiger partial charge >= 0.3 is 0 Å². The van der Waals surface area contributed by atoms with Gasteiger partial charge < -0.3 is 10.6 Å². The van der Waals surface area contributed by atoms with E-state index in [1.807, 2.05) is 42.5 Å². The van der Waals surface area contributed by atoms with Gasteiger partial charge in [0.05, 0.1) is 17.9 Å². The highest BCUT2D eigenvalue weighted by molar-refractivity contribution is 5.74. The first kappa shape index (κ1) is 11.7. The summed E-state index contributed by atoms with van der Waals surface area (Å²) in [5, 5.41) is 0. The normalized spacial score (nSPS) is 12.7. The Bertz CT molecular complexity index is 635. The van der Waals surface area contributed by atoms with E-state index in [2.05, 4.69) is 22.8 Å². The molecule has 0 amide bonds. The molecule has 0 saturated heterocycles. The average Bonchev–Trinajstić information content (AvgIpc) is 2.85. The Labute approximate surface area is 113 Å². The van der Waals surface area contributed by atoms with E-state index in [0.717, 1.165) is 30.8 Å². The van der Waals surface area contributed by atoms with Crippen LogP contribution in [0.25, 0.3) is 0 Å². The first-order valence-electron chi connectivity index (χ1n) is 6.51. The summed E-state index contributed by atoms with van der Waals surface area (Å²) >= 11 is 0. The van der Waals surface area contributed by atoms with Crippen LogP contribution in [0.2, 0.25) is 0 Å². The minimum Gasteiger partial charge on any atom is -0.397 e. The molecule has 0 radical (unpaired) electrons. The minimum atomic E-state index is 0.732. The Balaban J connectivity index is 1.76. The Morgan fingerprint density at radius 3 is 2.74 bits per heavy atom. The molecule has 2 aromatic carbocycles. The lowest BCUT2D eigenvalue weighted by Gasteiger charge is -2.17. The molecule has 0 fully saturated rings. The zero-order valence-corrected chi connectivity index (χ0v) is 10.8. The van der Waals surface area contributed by atoms with Crippen molar-refractivity contribution in [3.05, 3.63) is 59.7 Å². The standard InChI is InChI=1S/C17H16N2/c18-16-10-4-9-15-11-13-19(17(15)16)12-5-8-14-6-2-1-3-7-14/h1-4,6-7,9-10H,11-13,18H2. The third-order valence-corrected chi connectivity index (χ3v) is 3.39. The fraction of sp³-hybridized carbons (Fsp3) is 0.176. The molecule has 1 aliphatic heterocycles. The van der Waals surface area contributed by atoms with Gasteiger partial charge in [-0.2, -0.15) is 0 Å². The van der Waals surface area contributed by atoms with Crippen molar-refractivity contribution >= 4 is 11.4 Å². The molecule has 1 heterocycles. The van der Waals surface area contributed by atoms with Gasteiger partial charge in [0.1, 0.15) is 0 Å². The molecule has 2 N–H and O–H groups in total. The van der Waals surface area contributed by atoms with Crippen LogP contribution >= 0.6 is 0 Å². The van der Waals surface area contributed by atoms with Crippen LogP contribution in [0.4, 0.5) is 11.4 Å². The summed E-state index contributed by atoms with van der Waals surface area (Å²) in [5.74, 6) is 6.42. The first-order valence-corrected chi connectivity index (χ1v) is 6.51. The van der Waals surface area contributed by atoms with Crippen molar-refractivity contribution in [2.45, 2.75) is 6.42 Å². The number of nitrogens with zero attached hydrogens (tertiary/aromatic N) is 1. The van der Waals surface area contributed by atoms with Gasteiger partial charge in [0.2, 0.25) is 0 Å². The van der Waals surface area contributed by atoms with Gasteiger partial charge in [-0.3, -0.25) is 0 Å². The molecule has 0 spiro atoms. The molecule has 0 aromatic heterocycles. The molecule has 0 saturated carbocycles. The van der Waals surface area contributed by atoms with Crippen LogP contribution in [-0.4, -0.2) is 13.1 Å². The van der Waals surface area contributed by atoms with E-state index in [1.165, 1.54) is 11.3 Å². The highest BCUT2D eigenvalue weighted by Crippen LogP contribution is 2.32. The van der Waals surface area contributed by atoms with Crippen LogP contribution in [0.1, 0.15) is 11.1 Å². The van der Waals surface area contributed by atoms with Gasteiger partial charge in [0.25, 0.3) is 0 Å². The van der Waals surface area contributed by atoms with Gasteiger partial charge in [-0.1, -0.05) is 42.2 Å². The largest absolute Gasteiger partial charge is 0.397 e. The number of hydrogen-bond acceptors (Lipinski definition) is 2. The van der Waals surface area contributed by atoms with Crippen molar-refractivity contribution in [2.24, 2.45) is 0 Å². The minimum absolute atomic E-state index is 0.732. The SMILES string of the molecule is Nc1cccc2c1N(CC#Cc1ccccc1)CC2. The predicted octanol–water partition coefficient (Wildman–Crippen LogP) is 2.68. The molecule has 1 aliphatic rings. The molecule has 2 nitrogen and oxygen atoms in total. The lowest BCUT2D eigenvalue weighted by molar-refractivity contribution is 0.915. The fourth-order valence-corrected chi connectivity index (χ4v) is 2.48. The van der Waals surface area contributed by atoms with Crippen LogP contribution < -0.4 is 10.6 Å². The molecule has 94 valence electrons. The monoisotopic (exact) mass is 248 g/mol. The van der Waals surface area contributed by atoms with E-state index in [0.29, 0.717) is 0 Å². The van der Waals surface area contributed by atoms with Crippen molar-refractivity contribution in [1.29, 1.82) is 0 Å². The number of fused-ring (bicyclic) bond motifs is 1. The second kappa shape index (κ2) is 5.07. The van der Waals surface area contributed by atoms with E-state index in [9.17, 15) is 0 Å². The van der Waals surface area contributed by atoms with Crippen molar-refractivity contribution in [2.75, 3.05) is 23.7 Å². The molecule has 2 aromatic rings. The number of rotatable bonds is 1. The molecule has 0 bridgehead atoms. The highest BCUT2D eigenvalue weighted by Gasteiger charge is 2.19. The van der Waals surface area contributed by atoms with Crippen molar-refractivity contribution < 1.29 is 0 Å². The maximum absolute atomic E-state index is 6.06. The van der Waals surface area contributed by atoms with Crippen LogP contribution in [0.5, 0.6) is 0 Å². The average molecular weight is 248 g/mol. The third kappa shape index (κ3) is 2.41. The zero-order valence-electron chi connectivity index (χ0n) is 10.8. The quantitative estimate of drug-likeness (QED) is 0.621. The van der Waals surface area contributed by atoms with Gasteiger partial charge in [0.15, 0.2) is 0 Å². The van der Waals surface area contributed by atoms with E-state index >= 15 is 0 Å². The van der Waals surface area contributed by atoms with Crippen LogP contribution in [-0.2, 0) is 6.42 Å². The van der Waals surface area contributed by atoms with Gasteiger partial charge in [-0.05, 0) is 30.2 Å². The van der Waals surface area contributed by atoms with Crippen LogP contribution in [0, 0.1) is 11.8 Å².